The average molecular weight is 208 g/mol. The Hall–Kier alpha value is -1.51. The SMILES string of the molecule is COc1cc(C(=O)CC(C)C)ccc1O. The van der Waals surface area contributed by atoms with Crippen LogP contribution in [-0.2, 0) is 0 Å². The third-order valence-corrected chi connectivity index (χ3v) is 2.10. The van der Waals surface area contributed by atoms with E-state index in [9.17, 15) is 9.90 Å². The van der Waals surface area contributed by atoms with Crippen molar-refractivity contribution in [3.8, 4) is 11.5 Å². The minimum Gasteiger partial charge on any atom is -0.504 e. The van der Waals surface area contributed by atoms with Crippen molar-refractivity contribution in [1.82, 2.24) is 0 Å². The number of hydrogen-bond donors (Lipinski definition) is 1. The second kappa shape index (κ2) is 4.82. The van der Waals surface area contributed by atoms with Gasteiger partial charge in [0.1, 0.15) is 0 Å². The molecule has 0 aliphatic carbocycles. The fourth-order valence-corrected chi connectivity index (χ4v) is 1.34. The van der Waals surface area contributed by atoms with E-state index in [-0.39, 0.29) is 11.5 Å². The second-order valence-corrected chi connectivity index (χ2v) is 3.91. The Morgan fingerprint density at radius 3 is 2.67 bits per heavy atom. The van der Waals surface area contributed by atoms with Crippen molar-refractivity contribution in [2.45, 2.75) is 20.3 Å². The van der Waals surface area contributed by atoms with Crippen LogP contribution in [0.2, 0.25) is 0 Å². The number of methoxy groups -OCH3 is 1. The van der Waals surface area contributed by atoms with Gasteiger partial charge >= 0.3 is 0 Å². The summed E-state index contributed by atoms with van der Waals surface area (Å²) in [7, 11) is 1.46. The van der Waals surface area contributed by atoms with E-state index in [1.807, 2.05) is 13.8 Å². The molecule has 0 amide bonds. The third-order valence-electron chi connectivity index (χ3n) is 2.10. The number of benzene rings is 1. The highest BCUT2D eigenvalue weighted by molar-refractivity contribution is 5.96. The van der Waals surface area contributed by atoms with E-state index in [1.165, 1.54) is 13.2 Å². The van der Waals surface area contributed by atoms with Gasteiger partial charge in [-0.1, -0.05) is 13.8 Å². The summed E-state index contributed by atoms with van der Waals surface area (Å²) in [5.41, 5.74) is 0.582. The van der Waals surface area contributed by atoms with Gasteiger partial charge in [-0.3, -0.25) is 4.79 Å². The van der Waals surface area contributed by atoms with E-state index in [2.05, 4.69) is 0 Å². The molecule has 0 spiro atoms. The fourth-order valence-electron chi connectivity index (χ4n) is 1.34. The van der Waals surface area contributed by atoms with Gasteiger partial charge in [0.15, 0.2) is 17.3 Å². The summed E-state index contributed by atoms with van der Waals surface area (Å²) in [5.74, 6) is 0.795. The number of phenols is 1. The van der Waals surface area contributed by atoms with Gasteiger partial charge < -0.3 is 9.84 Å². The molecule has 82 valence electrons. The quantitative estimate of drug-likeness (QED) is 0.774. The van der Waals surface area contributed by atoms with Gasteiger partial charge in [-0.15, -0.1) is 0 Å². The largest absolute Gasteiger partial charge is 0.504 e. The number of hydrogen-bond acceptors (Lipinski definition) is 3. The molecule has 1 rings (SSSR count). The number of phenolic OH excluding ortho intramolecular Hbond substituents is 1. The lowest BCUT2D eigenvalue weighted by Crippen LogP contribution is -2.03. The Kier molecular flexibility index (Phi) is 3.72. The molecule has 1 aromatic carbocycles. The van der Waals surface area contributed by atoms with E-state index >= 15 is 0 Å². The van der Waals surface area contributed by atoms with Gasteiger partial charge in [0, 0.05) is 12.0 Å². The average Bonchev–Trinajstić information content (AvgIpc) is 2.17. The molecule has 1 aromatic rings. The van der Waals surface area contributed by atoms with Gasteiger partial charge in [-0.2, -0.15) is 0 Å². The van der Waals surface area contributed by atoms with E-state index in [1.54, 1.807) is 12.1 Å². The van der Waals surface area contributed by atoms with Crippen LogP contribution in [0, 0.1) is 5.92 Å². The maximum atomic E-state index is 11.7. The van der Waals surface area contributed by atoms with E-state index < -0.39 is 0 Å². The van der Waals surface area contributed by atoms with Crippen LogP contribution in [-0.4, -0.2) is 18.0 Å². The topological polar surface area (TPSA) is 46.5 Å². The van der Waals surface area contributed by atoms with Crippen LogP contribution in [0.4, 0.5) is 0 Å². The molecule has 0 bridgehead atoms. The summed E-state index contributed by atoms with van der Waals surface area (Å²) in [5, 5.41) is 9.36. The van der Waals surface area contributed by atoms with Crippen molar-refractivity contribution in [2.75, 3.05) is 7.11 Å². The summed E-state index contributed by atoms with van der Waals surface area (Å²) in [6, 6.07) is 4.66. The lowest BCUT2D eigenvalue weighted by atomic mass is 10.0. The standard InChI is InChI=1S/C12H16O3/c1-8(2)6-11(14)9-4-5-10(13)12(7-9)15-3/h4-5,7-8,13H,6H2,1-3H3. The molecule has 0 aliphatic rings. The summed E-state index contributed by atoms with van der Waals surface area (Å²) < 4.78 is 4.94. The van der Waals surface area contributed by atoms with Crippen LogP contribution in [0.3, 0.4) is 0 Å². The molecule has 15 heavy (non-hydrogen) atoms. The monoisotopic (exact) mass is 208 g/mol. The Morgan fingerprint density at radius 1 is 1.47 bits per heavy atom. The van der Waals surface area contributed by atoms with Crippen molar-refractivity contribution in [3.05, 3.63) is 23.8 Å². The molecule has 3 heteroatoms. The molecule has 0 saturated heterocycles. The van der Waals surface area contributed by atoms with E-state index in [4.69, 9.17) is 4.74 Å². The minimum atomic E-state index is 0.0543. The molecule has 0 unspecified atom stereocenters. The van der Waals surface area contributed by atoms with Crippen LogP contribution >= 0.6 is 0 Å². The predicted octanol–water partition coefficient (Wildman–Crippen LogP) is 2.63. The summed E-state index contributed by atoms with van der Waals surface area (Å²) in [6.45, 7) is 3.99. The molecule has 0 heterocycles. The van der Waals surface area contributed by atoms with Gasteiger partial charge in [0.25, 0.3) is 0 Å². The number of rotatable bonds is 4. The van der Waals surface area contributed by atoms with Crippen LogP contribution in [0.5, 0.6) is 11.5 Å². The summed E-state index contributed by atoms with van der Waals surface area (Å²) >= 11 is 0. The zero-order valence-electron chi connectivity index (χ0n) is 9.28. The molecule has 0 saturated carbocycles. The van der Waals surface area contributed by atoms with Gasteiger partial charge in [0.05, 0.1) is 7.11 Å². The Labute approximate surface area is 89.7 Å². The molecular formula is C12H16O3. The number of aromatic hydroxyl groups is 1. The molecule has 0 fully saturated rings. The fraction of sp³-hybridized carbons (Fsp3) is 0.417. The minimum absolute atomic E-state index is 0.0543. The molecule has 0 aliphatic heterocycles. The zero-order valence-corrected chi connectivity index (χ0v) is 9.28. The van der Waals surface area contributed by atoms with Gasteiger partial charge in [0.2, 0.25) is 0 Å². The molecular weight excluding hydrogens is 192 g/mol. The number of Topliss-reactive ketones (excluding diaryl/α,β-unsaturated/α-hetero) is 1. The lowest BCUT2D eigenvalue weighted by Gasteiger charge is -2.07. The van der Waals surface area contributed by atoms with E-state index in [0.29, 0.717) is 23.7 Å². The van der Waals surface area contributed by atoms with Gasteiger partial charge in [-0.05, 0) is 24.1 Å². The van der Waals surface area contributed by atoms with Gasteiger partial charge in [-0.25, -0.2) is 0 Å². The third kappa shape index (κ3) is 2.98. The maximum absolute atomic E-state index is 11.7. The van der Waals surface area contributed by atoms with Crippen molar-refractivity contribution in [3.63, 3.8) is 0 Å². The van der Waals surface area contributed by atoms with E-state index in [0.717, 1.165) is 0 Å². The number of ether oxygens (including phenoxy) is 1. The maximum Gasteiger partial charge on any atom is 0.163 e. The van der Waals surface area contributed by atoms with Crippen molar-refractivity contribution < 1.29 is 14.6 Å². The molecule has 3 nitrogen and oxygen atoms in total. The normalized spacial score (nSPS) is 10.4. The first-order valence-electron chi connectivity index (χ1n) is 4.94. The number of ketones is 1. The second-order valence-electron chi connectivity index (χ2n) is 3.91. The highest BCUT2D eigenvalue weighted by Crippen LogP contribution is 2.27. The Morgan fingerprint density at radius 2 is 2.13 bits per heavy atom. The summed E-state index contributed by atoms with van der Waals surface area (Å²) in [6.07, 6.45) is 0.508. The molecule has 1 N–H and O–H groups in total. The Bertz CT molecular complexity index is 356. The first kappa shape index (κ1) is 11.6. The Balaban J connectivity index is 2.91. The highest BCUT2D eigenvalue weighted by Gasteiger charge is 2.10. The zero-order chi connectivity index (χ0) is 11.4. The first-order chi connectivity index (χ1) is 7.04. The van der Waals surface area contributed by atoms with Crippen molar-refractivity contribution >= 4 is 5.78 Å². The van der Waals surface area contributed by atoms with Crippen LogP contribution in [0.15, 0.2) is 18.2 Å². The smallest absolute Gasteiger partial charge is 0.163 e. The van der Waals surface area contributed by atoms with Crippen LogP contribution in [0.25, 0.3) is 0 Å². The molecule has 0 aromatic heterocycles. The van der Waals surface area contributed by atoms with Crippen LogP contribution in [0.1, 0.15) is 30.6 Å². The molecule has 0 radical (unpaired) electrons. The predicted molar refractivity (Wildman–Crippen MR) is 58.4 cm³/mol. The van der Waals surface area contributed by atoms with Crippen molar-refractivity contribution in [1.29, 1.82) is 0 Å². The number of carbonyl (C=O) groups is 1. The number of carbonyl (C=O) groups excluding carboxylic acids is 1. The van der Waals surface area contributed by atoms with Crippen molar-refractivity contribution in [2.24, 2.45) is 5.92 Å². The van der Waals surface area contributed by atoms with Crippen LogP contribution < -0.4 is 4.74 Å². The first-order valence-corrected chi connectivity index (χ1v) is 4.94. The summed E-state index contributed by atoms with van der Waals surface area (Å²) in [4.78, 5) is 11.7. The molecule has 0 atom stereocenters. The lowest BCUT2D eigenvalue weighted by molar-refractivity contribution is 0.0967. The highest BCUT2D eigenvalue weighted by atomic mass is 16.5.